The summed E-state index contributed by atoms with van der Waals surface area (Å²) >= 11 is 3.55. The van der Waals surface area contributed by atoms with Crippen molar-refractivity contribution in [2.45, 2.75) is 31.8 Å². The van der Waals surface area contributed by atoms with Gasteiger partial charge in [-0.15, -0.1) is 0 Å². The minimum atomic E-state index is -0.738. The van der Waals surface area contributed by atoms with Crippen LogP contribution in [0.15, 0.2) is 34.9 Å². The molecule has 21 heavy (non-hydrogen) atoms. The highest BCUT2D eigenvalue weighted by Crippen LogP contribution is 2.30. The Morgan fingerprint density at radius 1 is 1.43 bits per heavy atom. The number of pyridine rings is 1. The van der Waals surface area contributed by atoms with E-state index in [1.807, 2.05) is 6.07 Å². The lowest BCUT2D eigenvalue weighted by Gasteiger charge is -2.22. The van der Waals surface area contributed by atoms with Crippen molar-refractivity contribution in [3.8, 4) is 0 Å². The predicted octanol–water partition coefficient (Wildman–Crippen LogP) is 3.44. The number of carboxylic acids is 1. The molecule has 0 saturated heterocycles. The summed E-state index contributed by atoms with van der Waals surface area (Å²) in [5.41, 5.74) is 2.15. The molecule has 3 rings (SSSR count). The van der Waals surface area contributed by atoms with Crippen molar-refractivity contribution < 1.29 is 9.90 Å². The molecular weight excluding hydrogens is 332 g/mol. The second kappa shape index (κ2) is 6.12. The maximum absolute atomic E-state index is 10.8. The molecule has 1 aliphatic carbocycles. The summed E-state index contributed by atoms with van der Waals surface area (Å²) in [7, 11) is 0. The zero-order valence-corrected chi connectivity index (χ0v) is 13.2. The monoisotopic (exact) mass is 348 g/mol. The third-order valence-corrected chi connectivity index (χ3v) is 4.26. The van der Waals surface area contributed by atoms with Crippen LogP contribution in [-0.2, 0) is 11.3 Å². The van der Waals surface area contributed by atoms with E-state index in [9.17, 15) is 4.79 Å². The Morgan fingerprint density at radius 2 is 2.24 bits per heavy atom. The fraction of sp³-hybridized carbons (Fsp3) is 0.375. The number of rotatable bonds is 6. The normalized spacial score (nSPS) is 14.8. The number of fused-ring (bicyclic) bond motifs is 1. The van der Waals surface area contributed by atoms with Gasteiger partial charge in [0, 0.05) is 35.2 Å². The number of benzene rings is 1. The lowest BCUT2D eigenvalue weighted by molar-refractivity contribution is -0.137. The van der Waals surface area contributed by atoms with E-state index in [1.165, 1.54) is 12.8 Å². The predicted molar refractivity (Wildman–Crippen MR) is 85.1 cm³/mol. The van der Waals surface area contributed by atoms with E-state index in [0.717, 1.165) is 27.5 Å². The number of aromatic nitrogens is 1. The molecule has 1 aliphatic rings. The fourth-order valence-electron chi connectivity index (χ4n) is 2.64. The molecule has 0 amide bonds. The molecule has 1 saturated carbocycles. The van der Waals surface area contributed by atoms with Gasteiger partial charge >= 0.3 is 5.97 Å². The van der Waals surface area contributed by atoms with Crippen molar-refractivity contribution in [3.05, 3.63) is 40.5 Å². The van der Waals surface area contributed by atoms with E-state index in [2.05, 4.69) is 44.0 Å². The third kappa shape index (κ3) is 3.60. The molecule has 0 aliphatic heterocycles. The Morgan fingerprint density at radius 3 is 2.95 bits per heavy atom. The number of carboxylic acid groups (broad SMARTS) is 1. The van der Waals surface area contributed by atoms with Crippen LogP contribution in [0.25, 0.3) is 10.9 Å². The largest absolute Gasteiger partial charge is 0.481 e. The zero-order chi connectivity index (χ0) is 14.8. The summed E-state index contributed by atoms with van der Waals surface area (Å²) in [6, 6.07) is 8.66. The van der Waals surface area contributed by atoms with Gasteiger partial charge in [0.25, 0.3) is 0 Å². The van der Waals surface area contributed by atoms with E-state index in [4.69, 9.17) is 5.11 Å². The molecule has 1 aromatic carbocycles. The fourth-order valence-corrected chi connectivity index (χ4v) is 3.16. The average molecular weight is 349 g/mol. The van der Waals surface area contributed by atoms with E-state index in [-0.39, 0.29) is 6.42 Å². The smallest absolute Gasteiger partial charge is 0.304 e. The van der Waals surface area contributed by atoms with Crippen LogP contribution in [0.5, 0.6) is 0 Å². The summed E-state index contributed by atoms with van der Waals surface area (Å²) in [6.45, 7) is 1.35. The van der Waals surface area contributed by atoms with Crippen LogP contribution in [0.3, 0.4) is 0 Å². The van der Waals surface area contributed by atoms with Crippen LogP contribution in [0.4, 0.5) is 0 Å². The second-order valence-electron chi connectivity index (χ2n) is 5.49. The maximum atomic E-state index is 10.8. The summed E-state index contributed by atoms with van der Waals surface area (Å²) < 4.78 is 1.03. The number of hydrogen-bond acceptors (Lipinski definition) is 3. The first-order chi connectivity index (χ1) is 10.1. The first-order valence-corrected chi connectivity index (χ1v) is 7.92. The Bertz CT molecular complexity index is 670. The molecule has 0 unspecified atom stereocenters. The van der Waals surface area contributed by atoms with Crippen LogP contribution in [0.1, 0.15) is 24.8 Å². The summed E-state index contributed by atoms with van der Waals surface area (Å²) in [5.74, 6) is -0.738. The number of halogens is 1. The van der Waals surface area contributed by atoms with Crippen molar-refractivity contribution in [1.29, 1.82) is 0 Å². The molecule has 1 fully saturated rings. The van der Waals surface area contributed by atoms with Gasteiger partial charge in [-0.05, 0) is 36.6 Å². The molecule has 0 spiro atoms. The molecule has 1 aromatic heterocycles. The van der Waals surface area contributed by atoms with Crippen LogP contribution in [0.2, 0.25) is 0 Å². The SMILES string of the molecule is O=C(O)CCN(Cc1cc(Br)cc2cccnc12)C1CC1. The van der Waals surface area contributed by atoms with Crippen LogP contribution in [-0.4, -0.2) is 33.5 Å². The van der Waals surface area contributed by atoms with E-state index in [0.29, 0.717) is 12.6 Å². The molecule has 5 heteroatoms. The van der Waals surface area contributed by atoms with Gasteiger partial charge in [0.2, 0.25) is 0 Å². The molecule has 0 radical (unpaired) electrons. The van der Waals surface area contributed by atoms with Gasteiger partial charge in [-0.1, -0.05) is 22.0 Å². The molecule has 0 atom stereocenters. The molecule has 2 aromatic rings. The second-order valence-corrected chi connectivity index (χ2v) is 6.40. The van der Waals surface area contributed by atoms with Crippen molar-refractivity contribution in [1.82, 2.24) is 9.88 Å². The maximum Gasteiger partial charge on any atom is 0.304 e. The number of carbonyl (C=O) groups is 1. The highest BCUT2D eigenvalue weighted by molar-refractivity contribution is 9.10. The van der Waals surface area contributed by atoms with Gasteiger partial charge in [-0.25, -0.2) is 0 Å². The van der Waals surface area contributed by atoms with E-state index >= 15 is 0 Å². The first-order valence-electron chi connectivity index (χ1n) is 7.12. The Labute approximate surface area is 131 Å². The van der Waals surface area contributed by atoms with Gasteiger partial charge in [0.15, 0.2) is 0 Å². The highest BCUT2D eigenvalue weighted by Gasteiger charge is 2.29. The number of nitrogens with zero attached hydrogens (tertiary/aromatic N) is 2. The summed E-state index contributed by atoms with van der Waals surface area (Å²) in [5, 5.41) is 10.0. The zero-order valence-electron chi connectivity index (χ0n) is 11.6. The minimum absolute atomic E-state index is 0.190. The third-order valence-electron chi connectivity index (χ3n) is 3.80. The van der Waals surface area contributed by atoms with Crippen molar-refractivity contribution in [3.63, 3.8) is 0 Å². The summed E-state index contributed by atoms with van der Waals surface area (Å²) in [6.07, 6.45) is 4.33. The molecule has 4 nitrogen and oxygen atoms in total. The Hall–Kier alpha value is -1.46. The standard InChI is InChI=1S/C16H17BrN2O2/c17-13-8-11-2-1-6-18-16(11)12(9-13)10-19(14-3-4-14)7-5-15(20)21/h1-2,6,8-9,14H,3-5,7,10H2,(H,20,21). The van der Waals surface area contributed by atoms with Gasteiger partial charge in [0.1, 0.15) is 0 Å². The van der Waals surface area contributed by atoms with Crippen molar-refractivity contribution in [2.24, 2.45) is 0 Å². The lowest BCUT2D eigenvalue weighted by Crippen LogP contribution is -2.28. The number of hydrogen-bond donors (Lipinski definition) is 1. The van der Waals surface area contributed by atoms with Crippen molar-refractivity contribution >= 4 is 32.8 Å². The molecule has 0 bridgehead atoms. The topological polar surface area (TPSA) is 53.4 Å². The van der Waals surface area contributed by atoms with Gasteiger partial charge in [-0.3, -0.25) is 14.7 Å². The van der Waals surface area contributed by atoms with E-state index < -0.39 is 5.97 Å². The van der Waals surface area contributed by atoms with Gasteiger partial charge in [-0.2, -0.15) is 0 Å². The quantitative estimate of drug-likeness (QED) is 0.868. The average Bonchev–Trinajstić information content (AvgIpc) is 3.27. The molecule has 110 valence electrons. The van der Waals surface area contributed by atoms with Crippen LogP contribution >= 0.6 is 15.9 Å². The molecular formula is C16H17BrN2O2. The van der Waals surface area contributed by atoms with Crippen molar-refractivity contribution in [2.75, 3.05) is 6.54 Å². The molecule has 1 N–H and O–H groups in total. The Balaban J connectivity index is 1.86. The van der Waals surface area contributed by atoms with Gasteiger partial charge in [0.05, 0.1) is 11.9 Å². The van der Waals surface area contributed by atoms with E-state index in [1.54, 1.807) is 6.20 Å². The summed E-state index contributed by atoms with van der Waals surface area (Å²) in [4.78, 5) is 17.6. The van der Waals surface area contributed by atoms with Crippen LogP contribution in [0, 0.1) is 0 Å². The minimum Gasteiger partial charge on any atom is -0.481 e. The molecule has 1 heterocycles. The number of aliphatic carboxylic acids is 1. The highest BCUT2D eigenvalue weighted by atomic mass is 79.9. The van der Waals surface area contributed by atoms with Gasteiger partial charge < -0.3 is 5.11 Å². The first kappa shape index (κ1) is 14.5. The lowest BCUT2D eigenvalue weighted by atomic mass is 10.1. The van der Waals surface area contributed by atoms with Crippen LogP contribution < -0.4 is 0 Å². The Kier molecular flexibility index (Phi) is 4.22.